The Balaban J connectivity index is 1.43. The van der Waals surface area contributed by atoms with E-state index in [0.717, 1.165) is 34.1 Å². The van der Waals surface area contributed by atoms with Gasteiger partial charge in [-0.05, 0) is 66.3 Å². The van der Waals surface area contributed by atoms with Crippen LogP contribution in [0.5, 0.6) is 5.75 Å². The molecule has 0 aliphatic rings. The van der Waals surface area contributed by atoms with Crippen LogP contribution in [-0.2, 0) is 0 Å². The summed E-state index contributed by atoms with van der Waals surface area (Å²) in [6.07, 6.45) is 1.73. The molecule has 0 aliphatic carbocycles. The lowest BCUT2D eigenvalue weighted by atomic mass is 10.1. The fourth-order valence-electron chi connectivity index (χ4n) is 3.34. The van der Waals surface area contributed by atoms with E-state index in [9.17, 15) is 0 Å². The first-order chi connectivity index (χ1) is 16.2. The minimum atomic E-state index is 0.399. The number of anilines is 4. The molecule has 33 heavy (non-hydrogen) atoms. The molecule has 2 N–H and O–H groups in total. The van der Waals surface area contributed by atoms with Crippen LogP contribution in [0.4, 0.5) is 22.7 Å². The van der Waals surface area contributed by atoms with Gasteiger partial charge >= 0.3 is 0 Å². The highest BCUT2D eigenvalue weighted by molar-refractivity contribution is 7.80. The van der Waals surface area contributed by atoms with Gasteiger partial charge < -0.3 is 15.0 Å². The zero-order chi connectivity index (χ0) is 22.9. The molecular weight excluding hydrogens is 428 g/mol. The third kappa shape index (κ3) is 5.96. The molecule has 0 unspecified atom stereocenters. The summed E-state index contributed by atoms with van der Waals surface area (Å²) in [4.78, 5) is 2.21. The van der Waals surface area contributed by atoms with Gasteiger partial charge in [0.2, 0.25) is 0 Å². The number of para-hydroxylation sites is 2. The van der Waals surface area contributed by atoms with E-state index in [1.165, 1.54) is 0 Å². The van der Waals surface area contributed by atoms with E-state index < -0.39 is 0 Å². The van der Waals surface area contributed by atoms with Gasteiger partial charge in [0.05, 0.1) is 13.3 Å². The van der Waals surface area contributed by atoms with Crippen LogP contribution in [0.15, 0.2) is 114 Å². The lowest BCUT2D eigenvalue weighted by Crippen LogP contribution is -2.23. The van der Waals surface area contributed by atoms with Gasteiger partial charge in [0.1, 0.15) is 5.75 Å². The summed E-state index contributed by atoms with van der Waals surface area (Å²) in [6.45, 7) is 0. The van der Waals surface area contributed by atoms with Gasteiger partial charge in [-0.1, -0.05) is 54.6 Å². The molecule has 0 saturated heterocycles. The normalized spacial score (nSPS) is 10.6. The highest BCUT2D eigenvalue weighted by Gasteiger charge is 2.11. The summed E-state index contributed by atoms with van der Waals surface area (Å²) in [5.41, 5.74) is 7.89. The quantitative estimate of drug-likeness (QED) is 0.191. The van der Waals surface area contributed by atoms with Crippen LogP contribution in [0.25, 0.3) is 0 Å². The average Bonchev–Trinajstić information content (AvgIpc) is 2.86. The third-order valence-electron chi connectivity index (χ3n) is 4.89. The van der Waals surface area contributed by atoms with Crippen molar-refractivity contribution in [2.75, 3.05) is 17.3 Å². The van der Waals surface area contributed by atoms with Crippen LogP contribution in [0.1, 0.15) is 5.56 Å². The Bertz CT molecular complexity index is 1170. The maximum absolute atomic E-state index is 5.31. The smallest absolute Gasteiger partial charge is 0.191 e. The minimum Gasteiger partial charge on any atom is -0.497 e. The molecule has 0 bridgehead atoms. The monoisotopic (exact) mass is 452 g/mol. The Hall–Kier alpha value is -4.16. The molecule has 0 spiro atoms. The summed E-state index contributed by atoms with van der Waals surface area (Å²) in [5.74, 6) is 0.756. The zero-order valence-electron chi connectivity index (χ0n) is 18.2. The first-order valence-electron chi connectivity index (χ1n) is 10.5. The van der Waals surface area contributed by atoms with E-state index in [1.54, 1.807) is 13.3 Å². The number of ether oxygens (including phenoxy) is 1. The van der Waals surface area contributed by atoms with Crippen molar-refractivity contribution in [1.82, 2.24) is 5.43 Å². The Morgan fingerprint density at radius 3 is 2.00 bits per heavy atom. The number of hydrazone groups is 1. The van der Waals surface area contributed by atoms with Crippen molar-refractivity contribution >= 4 is 46.3 Å². The standard InChI is InChI=1S/C27H24N4OS/c1-32-26-14-8-9-22(19-26)29-27(33)30-28-20-21-15-17-25(18-16-21)31(23-10-4-2-5-11-23)24-12-6-3-7-13-24/h2-20H,1H3,(H2,29,30,33)/b28-20-. The molecule has 0 fully saturated rings. The van der Waals surface area contributed by atoms with Gasteiger partial charge in [0.25, 0.3) is 0 Å². The molecule has 0 heterocycles. The summed E-state index contributed by atoms with van der Waals surface area (Å²) in [5, 5.41) is 7.73. The average molecular weight is 453 g/mol. The Kier molecular flexibility index (Phi) is 7.30. The van der Waals surface area contributed by atoms with Crippen molar-refractivity contribution < 1.29 is 4.74 Å². The second-order valence-electron chi connectivity index (χ2n) is 7.15. The van der Waals surface area contributed by atoms with E-state index in [4.69, 9.17) is 17.0 Å². The predicted octanol–water partition coefficient (Wildman–Crippen LogP) is 6.49. The maximum atomic E-state index is 5.31. The van der Waals surface area contributed by atoms with Gasteiger partial charge in [-0.15, -0.1) is 0 Å². The van der Waals surface area contributed by atoms with Crippen LogP contribution in [0, 0.1) is 0 Å². The molecule has 0 saturated carbocycles. The van der Waals surface area contributed by atoms with Crippen LogP contribution >= 0.6 is 12.2 Å². The molecule has 0 amide bonds. The van der Waals surface area contributed by atoms with Crippen LogP contribution in [0.3, 0.4) is 0 Å². The minimum absolute atomic E-state index is 0.399. The number of nitrogens with one attached hydrogen (secondary N) is 2. The van der Waals surface area contributed by atoms with Gasteiger partial charge in [0, 0.05) is 28.8 Å². The molecule has 4 aromatic rings. The summed E-state index contributed by atoms with van der Waals surface area (Å²) in [6, 6.07) is 36.4. The molecule has 4 aromatic carbocycles. The number of benzene rings is 4. The van der Waals surface area contributed by atoms with Crippen molar-refractivity contribution in [3.63, 3.8) is 0 Å². The van der Waals surface area contributed by atoms with E-state index in [2.05, 4.69) is 57.1 Å². The molecule has 5 nitrogen and oxygen atoms in total. The number of hydrogen-bond donors (Lipinski definition) is 2. The van der Waals surface area contributed by atoms with E-state index in [0.29, 0.717) is 5.11 Å². The number of hydrogen-bond acceptors (Lipinski definition) is 4. The summed E-state index contributed by atoms with van der Waals surface area (Å²) < 4.78 is 5.22. The van der Waals surface area contributed by atoms with Gasteiger partial charge in [0.15, 0.2) is 5.11 Å². The number of rotatable bonds is 7. The van der Waals surface area contributed by atoms with Gasteiger partial charge in [-0.25, -0.2) is 0 Å². The summed E-state index contributed by atoms with van der Waals surface area (Å²) >= 11 is 5.31. The van der Waals surface area contributed by atoms with Crippen LogP contribution in [0.2, 0.25) is 0 Å². The third-order valence-corrected chi connectivity index (χ3v) is 5.08. The Morgan fingerprint density at radius 1 is 0.788 bits per heavy atom. The SMILES string of the molecule is COc1cccc(NC(=S)N/N=C\c2ccc(N(c3ccccc3)c3ccccc3)cc2)c1. The van der Waals surface area contributed by atoms with Gasteiger partial charge in [-0.3, -0.25) is 5.43 Å². The molecule has 0 aliphatic heterocycles. The number of methoxy groups -OCH3 is 1. The van der Waals surface area contributed by atoms with Crippen molar-refractivity contribution in [2.24, 2.45) is 5.10 Å². The molecular formula is C27H24N4OS. The molecule has 0 radical (unpaired) electrons. The first-order valence-corrected chi connectivity index (χ1v) is 10.9. The second kappa shape index (κ2) is 10.9. The van der Waals surface area contributed by atoms with Crippen molar-refractivity contribution in [1.29, 1.82) is 0 Å². The number of thiocarbonyl (C=S) groups is 1. The largest absolute Gasteiger partial charge is 0.497 e. The van der Waals surface area contributed by atoms with Crippen LogP contribution in [-0.4, -0.2) is 18.4 Å². The highest BCUT2D eigenvalue weighted by Crippen LogP contribution is 2.33. The van der Waals surface area contributed by atoms with Crippen LogP contribution < -0.4 is 20.4 Å². The molecule has 0 atom stereocenters. The summed E-state index contributed by atoms with van der Waals surface area (Å²) in [7, 11) is 1.63. The van der Waals surface area contributed by atoms with Crippen molar-refractivity contribution in [3.05, 3.63) is 115 Å². The Morgan fingerprint density at radius 2 is 1.39 bits per heavy atom. The Labute approximate surface area is 199 Å². The first kappa shape index (κ1) is 22.0. The molecule has 6 heteroatoms. The van der Waals surface area contributed by atoms with E-state index in [-0.39, 0.29) is 0 Å². The molecule has 0 aromatic heterocycles. The van der Waals surface area contributed by atoms with E-state index >= 15 is 0 Å². The van der Waals surface area contributed by atoms with Crippen molar-refractivity contribution in [3.8, 4) is 5.75 Å². The molecule has 164 valence electrons. The van der Waals surface area contributed by atoms with Gasteiger partial charge in [-0.2, -0.15) is 5.10 Å². The fourth-order valence-corrected chi connectivity index (χ4v) is 3.51. The number of nitrogens with zero attached hydrogens (tertiary/aromatic N) is 2. The highest BCUT2D eigenvalue weighted by atomic mass is 32.1. The second-order valence-corrected chi connectivity index (χ2v) is 7.56. The van der Waals surface area contributed by atoms with E-state index in [1.807, 2.05) is 72.8 Å². The predicted molar refractivity (Wildman–Crippen MR) is 141 cm³/mol. The zero-order valence-corrected chi connectivity index (χ0v) is 19.0. The maximum Gasteiger partial charge on any atom is 0.191 e. The lowest BCUT2D eigenvalue weighted by Gasteiger charge is -2.25. The molecule has 4 rings (SSSR count). The topological polar surface area (TPSA) is 48.9 Å². The lowest BCUT2D eigenvalue weighted by molar-refractivity contribution is 0.415. The fraction of sp³-hybridized carbons (Fsp3) is 0.0370. The van der Waals surface area contributed by atoms with Crippen molar-refractivity contribution in [2.45, 2.75) is 0 Å².